The lowest BCUT2D eigenvalue weighted by Crippen LogP contribution is -2.33. The second kappa shape index (κ2) is 11.3. The van der Waals surface area contributed by atoms with Crippen LogP contribution in [0.25, 0.3) is 0 Å². The SMILES string of the molecule is CCCCCCCCN=C(N)NCCO. The Morgan fingerprint density at radius 1 is 1.20 bits per heavy atom. The minimum atomic E-state index is 0.0905. The number of aliphatic hydroxyl groups excluding tert-OH is 1. The van der Waals surface area contributed by atoms with Crippen molar-refractivity contribution >= 4 is 5.96 Å². The summed E-state index contributed by atoms with van der Waals surface area (Å²) in [5.74, 6) is 0.442. The van der Waals surface area contributed by atoms with Crippen molar-refractivity contribution in [1.29, 1.82) is 0 Å². The molecule has 90 valence electrons. The Bertz CT molecular complexity index is 160. The van der Waals surface area contributed by atoms with Gasteiger partial charge in [0.15, 0.2) is 5.96 Å². The van der Waals surface area contributed by atoms with Crippen LogP contribution in [0, 0.1) is 0 Å². The first-order valence-corrected chi connectivity index (χ1v) is 5.96. The van der Waals surface area contributed by atoms with Crippen molar-refractivity contribution in [3.8, 4) is 0 Å². The fourth-order valence-corrected chi connectivity index (χ4v) is 1.33. The lowest BCUT2D eigenvalue weighted by molar-refractivity contribution is 0.300. The number of aliphatic imine (C=N–C) groups is 1. The highest BCUT2D eigenvalue weighted by Gasteiger charge is 1.91. The van der Waals surface area contributed by atoms with E-state index in [1.165, 1.54) is 32.1 Å². The highest BCUT2D eigenvalue weighted by atomic mass is 16.3. The minimum absolute atomic E-state index is 0.0905. The van der Waals surface area contributed by atoms with Crippen molar-refractivity contribution in [3.63, 3.8) is 0 Å². The molecule has 0 saturated heterocycles. The lowest BCUT2D eigenvalue weighted by Gasteiger charge is -2.02. The van der Waals surface area contributed by atoms with Gasteiger partial charge in [-0.25, -0.2) is 0 Å². The Labute approximate surface area is 93.0 Å². The Kier molecular flexibility index (Phi) is 10.7. The summed E-state index contributed by atoms with van der Waals surface area (Å²) in [5, 5.41) is 11.4. The molecule has 0 aromatic heterocycles. The minimum Gasteiger partial charge on any atom is -0.395 e. The van der Waals surface area contributed by atoms with Gasteiger partial charge in [0.25, 0.3) is 0 Å². The molecule has 0 fully saturated rings. The van der Waals surface area contributed by atoms with Gasteiger partial charge < -0.3 is 16.2 Å². The van der Waals surface area contributed by atoms with Crippen molar-refractivity contribution in [1.82, 2.24) is 5.32 Å². The number of nitrogens with zero attached hydrogens (tertiary/aromatic N) is 1. The fourth-order valence-electron chi connectivity index (χ4n) is 1.33. The second-order valence-corrected chi connectivity index (χ2v) is 3.69. The van der Waals surface area contributed by atoms with E-state index in [9.17, 15) is 0 Å². The summed E-state index contributed by atoms with van der Waals surface area (Å²) < 4.78 is 0. The van der Waals surface area contributed by atoms with E-state index in [4.69, 9.17) is 10.8 Å². The van der Waals surface area contributed by atoms with Crippen LogP contribution in [0.15, 0.2) is 4.99 Å². The molecule has 0 saturated carbocycles. The van der Waals surface area contributed by atoms with Gasteiger partial charge >= 0.3 is 0 Å². The highest BCUT2D eigenvalue weighted by molar-refractivity contribution is 5.77. The summed E-state index contributed by atoms with van der Waals surface area (Å²) in [6.45, 7) is 3.58. The first kappa shape index (κ1) is 14.2. The maximum atomic E-state index is 8.53. The zero-order valence-corrected chi connectivity index (χ0v) is 9.84. The predicted molar refractivity (Wildman–Crippen MR) is 65.0 cm³/mol. The van der Waals surface area contributed by atoms with E-state index < -0.39 is 0 Å². The average Bonchev–Trinajstić information content (AvgIpc) is 2.25. The number of unbranched alkanes of at least 4 members (excludes halogenated alkanes) is 5. The molecule has 4 nitrogen and oxygen atoms in total. The van der Waals surface area contributed by atoms with Crippen molar-refractivity contribution in [2.45, 2.75) is 45.4 Å². The standard InChI is InChI=1S/C11H25N3O/c1-2-3-4-5-6-7-8-13-11(12)14-9-10-15/h15H,2-10H2,1H3,(H3,12,13,14). The van der Waals surface area contributed by atoms with Crippen LogP contribution in [0.2, 0.25) is 0 Å². The van der Waals surface area contributed by atoms with E-state index in [1.807, 2.05) is 0 Å². The lowest BCUT2D eigenvalue weighted by atomic mass is 10.1. The van der Waals surface area contributed by atoms with Gasteiger partial charge in [0.2, 0.25) is 0 Å². The quantitative estimate of drug-likeness (QED) is 0.308. The molecule has 0 aromatic carbocycles. The van der Waals surface area contributed by atoms with E-state index >= 15 is 0 Å². The van der Waals surface area contributed by atoms with Crippen LogP contribution in [0.5, 0.6) is 0 Å². The number of hydrogen-bond donors (Lipinski definition) is 3. The Morgan fingerprint density at radius 2 is 1.87 bits per heavy atom. The highest BCUT2D eigenvalue weighted by Crippen LogP contribution is 2.04. The van der Waals surface area contributed by atoms with E-state index in [0.29, 0.717) is 12.5 Å². The summed E-state index contributed by atoms with van der Waals surface area (Å²) in [6, 6.07) is 0. The topological polar surface area (TPSA) is 70.6 Å². The zero-order chi connectivity index (χ0) is 11.4. The smallest absolute Gasteiger partial charge is 0.188 e. The van der Waals surface area contributed by atoms with Crippen LogP contribution in [-0.4, -0.2) is 30.8 Å². The molecule has 0 amide bonds. The summed E-state index contributed by atoms with van der Waals surface area (Å²) in [5.41, 5.74) is 5.55. The summed E-state index contributed by atoms with van der Waals surface area (Å²) in [4.78, 5) is 4.15. The monoisotopic (exact) mass is 215 g/mol. The van der Waals surface area contributed by atoms with Gasteiger partial charge in [-0.05, 0) is 6.42 Å². The molecular formula is C11H25N3O. The maximum absolute atomic E-state index is 8.53. The van der Waals surface area contributed by atoms with Gasteiger partial charge in [-0.1, -0.05) is 39.0 Å². The molecule has 0 aliphatic carbocycles. The normalized spacial score (nSPS) is 11.7. The van der Waals surface area contributed by atoms with Crippen molar-refractivity contribution in [3.05, 3.63) is 0 Å². The van der Waals surface area contributed by atoms with E-state index in [-0.39, 0.29) is 6.61 Å². The number of rotatable bonds is 9. The van der Waals surface area contributed by atoms with Gasteiger partial charge in [-0.15, -0.1) is 0 Å². The molecule has 0 heterocycles. The van der Waals surface area contributed by atoms with Gasteiger partial charge in [-0.2, -0.15) is 0 Å². The molecule has 0 aliphatic rings. The van der Waals surface area contributed by atoms with E-state index in [1.54, 1.807) is 0 Å². The molecule has 0 spiro atoms. The molecule has 0 aliphatic heterocycles. The third-order valence-corrected chi connectivity index (χ3v) is 2.21. The molecule has 0 rings (SSSR count). The van der Waals surface area contributed by atoms with E-state index in [0.717, 1.165) is 13.0 Å². The number of hydrogen-bond acceptors (Lipinski definition) is 2. The van der Waals surface area contributed by atoms with Gasteiger partial charge in [0, 0.05) is 13.1 Å². The van der Waals surface area contributed by atoms with Crippen LogP contribution in [-0.2, 0) is 0 Å². The zero-order valence-electron chi connectivity index (χ0n) is 9.84. The number of nitrogens with one attached hydrogen (secondary N) is 1. The number of aliphatic hydroxyl groups is 1. The molecule has 0 aromatic rings. The molecule has 0 bridgehead atoms. The Hall–Kier alpha value is -0.770. The van der Waals surface area contributed by atoms with Crippen molar-refractivity contribution in [2.75, 3.05) is 19.7 Å². The first-order valence-electron chi connectivity index (χ1n) is 5.96. The molecule has 0 atom stereocenters. The van der Waals surface area contributed by atoms with Crippen LogP contribution < -0.4 is 11.1 Å². The van der Waals surface area contributed by atoms with Gasteiger partial charge in [-0.3, -0.25) is 4.99 Å². The van der Waals surface area contributed by atoms with Gasteiger partial charge in [0.1, 0.15) is 0 Å². The largest absolute Gasteiger partial charge is 0.395 e. The van der Waals surface area contributed by atoms with Crippen LogP contribution in [0.4, 0.5) is 0 Å². The molecule has 15 heavy (non-hydrogen) atoms. The summed E-state index contributed by atoms with van der Waals surface area (Å²) >= 11 is 0. The van der Waals surface area contributed by atoms with Crippen LogP contribution in [0.3, 0.4) is 0 Å². The molecule has 0 unspecified atom stereocenters. The molecule has 0 radical (unpaired) electrons. The number of nitrogens with two attached hydrogens (primary N) is 1. The third kappa shape index (κ3) is 11.2. The summed E-state index contributed by atoms with van der Waals surface area (Å²) in [7, 11) is 0. The molecular weight excluding hydrogens is 190 g/mol. The van der Waals surface area contributed by atoms with Crippen molar-refractivity contribution in [2.24, 2.45) is 10.7 Å². The Morgan fingerprint density at radius 3 is 2.53 bits per heavy atom. The first-order chi connectivity index (χ1) is 7.31. The predicted octanol–water partition coefficient (Wildman–Crippen LogP) is 1.24. The van der Waals surface area contributed by atoms with Crippen molar-refractivity contribution < 1.29 is 5.11 Å². The Balaban J connectivity index is 3.20. The average molecular weight is 215 g/mol. The molecule has 4 heteroatoms. The number of guanidine groups is 1. The second-order valence-electron chi connectivity index (χ2n) is 3.69. The fraction of sp³-hybridized carbons (Fsp3) is 0.909. The van der Waals surface area contributed by atoms with Crippen LogP contribution >= 0.6 is 0 Å². The van der Waals surface area contributed by atoms with E-state index in [2.05, 4.69) is 17.2 Å². The molecule has 4 N–H and O–H groups in total. The van der Waals surface area contributed by atoms with Gasteiger partial charge in [0.05, 0.1) is 6.61 Å². The van der Waals surface area contributed by atoms with Crippen LogP contribution in [0.1, 0.15) is 45.4 Å². The third-order valence-electron chi connectivity index (χ3n) is 2.21. The summed E-state index contributed by atoms with van der Waals surface area (Å²) in [6.07, 6.45) is 7.59. The maximum Gasteiger partial charge on any atom is 0.188 e.